The van der Waals surface area contributed by atoms with Crippen molar-refractivity contribution in [3.8, 4) is 0 Å². The van der Waals surface area contributed by atoms with Gasteiger partial charge >= 0.3 is 0 Å². The molecular formula is C19H19N3O5S. The maximum atomic E-state index is 12.9. The molecule has 8 nitrogen and oxygen atoms in total. The summed E-state index contributed by atoms with van der Waals surface area (Å²) in [6, 6.07) is 13.1. The second kappa shape index (κ2) is 7.33. The molecule has 2 heterocycles. The van der Waals surface area contributed by atoms with Crippen LogP contribution < -0.4 is 0 Å². The fourth-order valence-corrected chi connectivity index (χ4v) is 5.09. The van der Waals surface area contributed by atoms with Gasteiger partial charge in [-0.2, -0.15) is 0 Å². The summed E-state index contributed by atoms with van der Waals surface area (Å²) in [5.41, 5.74) is 1.93. The highest BCUT2D eigenvalue weighted by atomic mass is 32.2. The molecule has 0 bridgehead atoms. The van der Waals surface area contributed by atoms with Gasteiger partial charge in [0.2, 0.25) is 10.0 Å². The van der Waals surface area contributed by atoms with E-state index in [0.717, 1.165) is 18.4 Å². The molecule has 1 aliphatic rings. The minimum atomic E-state index is -3.55. The Morgan fingerprint density at radius 2 is 1.93 bits per heavy atom. The number of oxazole rings is 1. The predicted octanol–water partition coefficient (Wildman–Crippen LogP) is 3.45. The molecule has 1 aromatic heterocycles. The second-order valence-electron chi connectivity index (χ2n) is 6.90. The van der Waals surface area contributed by atoms with Gasteiger partial charge in [-0.1, -0.05) is 24.3 Å². The highest BCUT2D eigenvalue weighted by Crippen LogP contribution is 2.30. The average molecular weight is 401 g/mol. The molecule has 1 atom stereocenters. The van der Waals surface area contributed by atoms with Crippen molar-refractivity contribution in [2.75, 3.05) is 13.1 Å². The standard InChI is InChI=1S/C19H19N3O5S/c23-22(24)16-9-7-14(8-10-16)13-28(25,26)21-11-3-4-15(12-21)19-20-17-5-1-2-6-18(17)27-19/h1-2,5-10,15H,3-4,11-13H2. The Kier molecular flexibility index (Phi) is 4.86. The van der Waals surface area contributed by atoms with Gasteiger partial charge in [0.25, 0.3) is 5.69 Å². The summed E-state index contributed by atoms with van der Waals surface area (Å²) in [7, 11) is -3.55. The van der Waals surface area contributed by atoms with Crippen LogP contribution in [-0.4, -0.2) is 35.7 Å². The summed E-state index contributed by atoms with van der Waals surface area (Å²) in [6.07, 6.45) is 1.54. The molecule has 1 saturated heterocycles. The number of fused-ring (bicyclic) bond motifs is 1. The first kappa shape index (κ1) is 18.6. The van der Waals surface area contributed by atoms with Crippen molar-refractivity contribution in [2.24, 2.45) is 0 Å². The molecule has 4 rings (SSSR count). The number of benzene rings is 2. The lowest BCUT2D eigenvalue weighted by Gasteiger charge is -2.30. The van der Waals surface area contributed by atoms with Crippen LogP contribution in [0.4, 0.5) is 5.69 Å². The molecule has 1 fully saturated rings. The molecule has 28 heavy (non-hydrogen) atoms. The van der Waals surface area contributed by atoms with Crippen molar-refractivity contribution in [1.82, 2.24) is 9.29 Å². The number of para-hydroxylation sites is 2. The van der Waals surface area contributed by atoms with Crippen molar-refractivity contribution in [2.45, 2.75) is 24.5 Å². The topological polar surface area (TPSA) is 107 Å². The van der Waals surface area contributed by atoms with Gasteiger partial charge in [-0.15, -0.1) is 0 Å². The number of hydrogen-bond acceptors (Lipinski definition) is 6. The Morgan fingerprint density at radius 3 is 2.64 bits per heavy atom. The lowest BCUT2D eigenvalue weighted by Crippen LogP contribution is -2.39. The van der Waals surface area contributed by atoms with E-state index in [4.69, 9.17) is 4.42 Å². The summed E-state index contributed by atoms with van der Waals surface area (Å²) >= 11 is 0. The summed E-state index contributed by atoms with van der Waals surface area (Å²) in [5.74, 6) is 0.287. The quantitative estimate of drug-likeness (QED) is 0.479. The summed E-state index contributed by atoms with van der Waals surface area (Å²) in [5, 5.41) is 10.7. The molecule has 0 saturated carbocycles. The van der Waals surface area contributed by atoms with E-state index < -0.39 is 14.9 Å². The molecule has 0 spiro atoms. The Bertz CT molecular complexity index is 1080. The largest absolute Gasteiger partial charge is 0.440 e. The zero-order valence-electron chi connectivity index (χ0n) is 15.0. The third kappa shape index (κ3) is 3.76. The monoisotopic (exact) mass is 401 g/mol. The number of nitro benzene ring substituents is 1. The van der Waals surface area contributed by atoms with E-state index in [0.29, 0.717) is 30.1 Å². The maximum Gasteiger partial charge on any atom is 0.269 e. The van der Waals surface area contributed by atoms with Gasteiger partial charge in [0.15, 0.2) is 11.5 Å². The number of piperidine rings is 1. The minimum Gasteiger partial charge on any atom is -0.440 e. The molecule has 0 aliphatic carbocycles. The SMILES string of the molecule is O=[N+]([O-])c1ccc(CS(=O)(=O)N2CCCC(c3nc4ccccc4o3)C2)cc1. The van der Waals surface area contributed by atoms with E-state index in [1.807, 2.05) is 24.3 Å². The average Bonchev–Trinajstić information content (AvgIpc) is 3.12. The zero-order valence-corrected chi connectivity index (χ0v) is 15.8. The molecule has 3 aromatic rings. The smallest absolute Gasteiger partial charge is 0.269 e. The number of non-ortho nitro benzene ring substituents is 1. The molecule has 9 heteroatoms. The van der Waals surface area contributed by atoms with Crippen LogP contribution >= 0.6 is 0 Å². The van der Waals surface area contributed by atoms with E-state index in [-0.39, 0.29) is 17.4 Å². The number of nitro groups is 1. The molecule has 1 aliphatic heterocycles. The van der Waals surface area contributed by atoms with Crippen LogP contribution in [0, 0.1) is 10.1 Å². The number of hydrogen-bond donors (Lipinski definition) is 0. The summed E-state index contributed by atoms with van der Waals surface area (Å²) in [6.45, 7) is 0.772. The lowest BCUT2D eigenvalue weighted by molar-refractivity contribution is -0.384. The molecule has 0 N–H and O–H groups in total. The van der Waals surface area contributed by atoms with Crippen LogP contribution in [0.1, 0.15) is 30.2 Å². The van der Waals surface area contributed by atoms with E-state index in [2.05, 4.69) is 4.98 Å². The minimum absolute atomic E-state index is 0.0601. The number of rotatable bonds is 5. The van der Waals surface area contributed by atoms with Crippen LogP contribution in [-0.2, 0) is 15.8 Å². The van der Waals surface area contributed by atoms with E-state index in [1.54, 1.807) is 0 Å². The normalized spacial score (nSPS) is 18.4. The van der Waals surface area contributed by atoms with Gasteiger partial charge in [-0.25, -0.2) is 17.7 Å². The van der Waals surface area contributed by atoms with Gasteiger partial charge in [-0.3, -0.25) is 10.1 Å². The third-order valence-electron chi connectivity index (χ3n) is 4.93. The van der Waals surface area contributed by atoms with E-state index in [1.165, 1.54) is 28.6 Å². The molecule has 2 aromatic carbocycles. The van der Waals surface area contributed by atoms with Crippen molar-refractivity contribution in [3.63, 3.8) is 0 Å². The lowest BCUT2D eigenvalue weighted by atomic mass is 10.00. The fraction of sp³-hybridized carbons (Fsp3) is 0.316. The third-order valence-corrected chi connectivity index (χ3v) is 6.75. The first-order chi connectivity index (χ1) is 13.4. The van der Waals surface area contributed by atoms with E-state index in [9.17, 15) is 18.5 Å². The molecule has 1 unspecified atom stereocenters. The van der Waals surface area contributed by atoms with Gasteiger partial charge in [-0.05, 0) is 30.5 Å². The van der Waals surface area contributed by atoms with Crippen molar-refractivity contribution < 1.29 is 17.8 Å². The predicted molar refractivity (Wildman–Crippen MR) is 103 cm³/mol. The Morgan fingerprint density at radius 1 is 1.18 bits per heavy atom. The Hall–Kier alpha value is -2.78. The van der Waals surface area contributed by atoms with Gasteiger partial charge in [0, 0.05) is 31.1 Å². The first-order valence-corrected chi connectivity index (χ1v) is 10.6. The number of sulfonamides is 1. The molecule has 146 valence electrons. The van der Waals surface area contributed by atoms with Gasteiger partial charge in [0.1, 0.15) is 5.52 Å². The van der Waals surface area contributed by atoms with Crippen LogP contribution in [0.3, 0.4) is 0 Å². The highest BCUT2D eigenvalue weighted by molar-refractivity contribution is 7.88. The first-order valence-electron chi connectivity index (χ1n) is 8.99. The molecular weight excluding hydrogens is 382 g/mol. The van der Waals surface area contributed by atoms with Crippen molar-refractivity contribution >= 4 is 26.8 Å². The molecule has 0 radical (unpaired) electrons. The zero-order chi connectivity index (χ0) is 19.7. The van der Waals surface area contributed by atoms with Crippen LogP contribution in [0.5, 0.6) is 0 Å². The van der Waals surface area contributed by atoms with Crippen molar-refractivity contribution in [1.29, 1.82) is 0 Å². The van der Waals surface area contributed by atoms with Crippen LogP contribution in [0.15, 0.2) is 52.9 Å². The Balaban J connectivity index is 1.50. The number of nitrogens with zero attached hydrogens (tertiary/aromatic N) is 3. The maximum absolute atomic E-state index is 12.9. The van der Waals surface area contributed by atoms with Crippen LogP contribution in [0.25, 0.3) is 11.1 Å². The van der Waals surface area contributed by atoms with Gasteiger partial charge in [0.05, 0.1) is 10.7 Å². The highest BCUT2D eigenvalue weighted by Gasteiger charge is 2.32. The van der Waals surface area contributed by atoms with Crippen molar-refractivity contribution in [3.05, 3.63) is 70.1 Å². The number of aromatic nitrogens is 1. The summed E-state index contributed by atoms with van der Waals surface area (Å²) in [4.78, 5) is 14.7. The second-order valence-corrected chi connectivity index (χ2v) is 8.87. The Labute approximate surface area is 162 Å². The van der Waals surface area contributed by atoms with E-state index >= 15 is 0 Å². The fourth-order valence-electron chi connectivity index (χ4n) is 3.48. The van der Waals surface area contributed by atoms with Gasteiger partial charge < -0.3 is 4.42 Å². The summed E-state index contributed by atoms with van der Waals surface area (Å²) < 4.78 is 33.0. The molecule has 0 amide bonds. The van der Waals surface area contributed by atoms with Crippen LogP contribution in [0.2, 0.25) is 0 Å².